The number of rotatable bonds is 5. The van der Waals surface area contributed by atoms with Crippen molar-refractivity contribution in [1.29, 1.82) is 0 Å². The van der Waals surface area contributed by atoms with Crippen molar-refractivity contribution < 1.29 is 17.9 Å². The Kier molecular flexibility index (Phi) is 4.88. The van der Waals surface area contributed by atoms with Gasteiger partial charge in [-0.25, -0.2) is 8.42 Å². The highest BCUT2D eigenvalue weighted by Crippen LogP contribution is 2.31. The van der Waals surface area contributed by atoms with Gasteiger partial charge in [0.15, 0.2) is 9.84 Å². The van der Waals surface area contributed by atoms with E-state index in [2.05, 4.69) is 5.32 Å². The van der Waals surface area contributed by atoms with E-state index in [1.54, 1.807) is 0 Å². The van der Waals surface area contributed by atoms with Crippen LogP contribution in [0.15, 0.2) is 24.3 Å². The van der Waals surface area contributed by atoms with Crippen molar-refractivity contribution in [1.82, 2.24) is 5.32 Å². The van der Waals surface area contributed by atoms with Crippen LogP contribution in [0.3, 0.4) is 0 Å². The van der Waals surface area contributed by atoms with Crippen LogP contribution < -0.4 is 10.1 Å². The number of sulfone groups is 1. The molecule has 0 aliphatic carbocycles. The van der Waals surface area contributed by atoms with Crippen molar-refractivity contribution in [2.24, 2.45) is 5.92 Å². The number of fused-ring (bicyclic) bond motifs is 1. The number of carbonyl (C=O) groups excluding carboxylic acids is 1. The SMILES string of the molecule is CC(C)CS(=O)(=O)CC(=O)N[C@H]1CCOc2ccccc21. The zero-order chi connectivity index (χ0) is 15.5. The van der Waals surface area contributed by atoms with Gasteiger partial charge in [-0.1, -0.05) is 32.0 Å². The first-order valence-corrected chi connectivity index (χ1v) is 8.91. The highest BCUT2D eigenvalue weighted by molar-refractivity contribution is 7.92. The minimum Gasteiger partial charge on any atom is -0.493 e. The Bertz CT molecular complexity index is 610. The summed E-state index contributed by atoms with van der Waals surface area (Å²) < 4.78 is 29.2. The fourth-order valence-corrected chi connectivity index (χ4v) is 4.11. The van der Waals surface area contributed by atoms with E-state index in [0.29, 0.717) is 13.0 Å². The van der Waals surface area contributed by atoms with Crippen LogP contribution in [0, 0.1) is 5.92 Å². The Morgan fingerprint density at radius 1 is 1.38 bits per heavy atom. The second-order valence-corrected chi connectivity index (χ2v) is 7.85. The minimum atomic E-state index is -3.35. The summed E-state index contributed by atoms with van der Waals surface area (Å²) in [6.45, 7) is 4.16. The van der Waals surface area contributed by atoms with Crippen LogP contribution in [-0.4, -0.2) is 32.4 Å². The molecule has 1 atom stereocenters. The third-order valence-electron chi connectivity index (χ3n) is 3.23. The number of benzene rings is 1. The lowest BCUT2D eigenvalue weighted by atomic mass is 10.0. The first-order valence-electron chi connectivity index (χ1n) is 7.09. The molecular weight excluding hydrogens is 290 g/mol. The van der Waals surface area contributed by atoms with Crippen molar-refractivity contribution in [3.63, 3.8) is 0 Å². The van der Waals surface area contributed by atoms with Crippen LogP contribution in [0.25, 0.3) is 0 Å². The van der Waals surface area contributed by atoms with Gasteiger partial charge in [-0.3, -0.25) is 4.79 Å². The summed E-state index contributed by atoms with van der Waals surface area (Å²) in [6.07, 6.45) is 0.646. The third kappa shape index (κ3) is 4.46. The van der Waals surface area contributed by atoms with Gasteiger partial charge in [0.1, 0.15) is 11.5 Å². The van der Waals surface area contributed by atoms with Gasteiger partial charge in [0.25, 0.3) is 0 Å². The summed E-state index contributed by atoms with van der Waals surface area (Å²) in [7, 11) is -3.35. The molecule has 0 unspecified atom stereocenters. The molecule has 0 radical (unpaired) electrons. The molecule has 2 rings (SSSR count). The van der Waals surface area contributed by atoms with Gasteiger partial charge in [-0.05, 0) is 12.0 Å². The predicted molar refractivity (Wildman–Crippen MR) is 80.9 cm³/mol. The van der Waals surface area contributed by atoms with E-state index in [1.165, 1.54) is 0 Å². The van der Waals surface area contributed by atoms with Gasteiger partial charge in [0, 0.05) is 12.0 Å². The van der Waals surface area contributed by atoms with Crippen LogP contribution in [0.4, 0.5) is 0 Å². The number of amides is 1. The molecule has 6 heteroatoms. The zero-order valence-electron chi connectivity index (χ0n) is 12.3. The summed E-state index contributed by atoms with van der Waals surface area (Å²) in [5, 5.41) is 2.81. The van der Waals surface area contributed by atoms with Crippen molar-refractivity contribution in [2.45, 2.75) is 26.3 Å². The molecular formula is C15H21NO4S. The van der Waals surface area contributed by atoms with Gasteiger partial charge >= 0.3 is 0 Å². The minimum absolute atomic E-state index is 0.0200. The lowest BCUT2D eigenvalue weighted by molar-refractivity contribution is -0.119. The zero-order valence-corrected chi connectivity index (χ0v) is 13.2. The lowest BCUT2D eigenvalue weighted by Crippen LogP contribution is -2.36. The molecule has 1 aliphatic rings. The largest absolute Gasteiger partial charge is 0.493 e. The van der Waals surface area contributed by atoms with E-state index in [-0.39, 0.29) is 17.7 Å². The lowest BCUT2D eigenvalue weighted by Gasteiger charge is -2.26. The highest BCUT2D eigenvalue weighted by atomic mass is 32.2. The van der Waals surface area contributed by atoms with Crippen LogP contribution in [0.5, 0.6) is 5.75 Å². The Balaban J connectivity index is 2.01. The van der Waals surface area contributed by atoms with E-state index in [4.69, 9.17) is 4.74 Å². The molecule has 21 heavy (non-hydrogen) atoms. The highest BCUT2D eigenvalue weighted by Gasteiger charge is 2.25. The van der Waals surface area contributed by atoms with Crippen LogP contribution >= 0.6 is 0 Å². The fraction of sp³-hybridized carbons (Fsp3) is 0.533. The molecule has 0 saturated heterocycles. The molecule has 1 amide bonds. The smallest absolute Gasteiger partial charge is 0.235 e. The molecule has 1 N–H and O–H groups in total. The molecule has 1 aliphatic heterocycles. The molecule has 0 bridgehead atoms. The standard InChI is InChI=1S/C15H21NO4S/c1-11(2)9-21(18,19)10-15(17)16-13-7-8-20-14-6-4-3-5-12(13)14/h3-6,11,13H,7-10H2,1-2H3,(H,16,17)/t13-/m0/s1. The summed E-state index contributed by atoms with van der Waals surface area (Å²) in [6, 6.07) is 7.31. The summed E-state index contributed by atoms with van der Waals surface area (Å²) >= 11 is 0. The number of nitrogens with one attached hydrogen (secondary N) is 1. The molecule has 1 aromatic carbocycles. The van der Waals surface area contributed by atoms with Crippen LogP contribution in [-0.2, 0) is 14.6 Å². The Morgan fingerprint density at radius 3 is 2.81 bits per heavy atom. The normalized spacial score (nSPS) is 18.0. The van der Waals surface area contributed by atoms with Gasteiger partial charge < -0.3 is 10.1 Å². The summed E-state index contributed by atoms with van der Waals surface area (Å²) in [5.74, 6) is -0.0989. The predicted octanol–water partition coefficient (Wildman–Crippen LogP) is 1.70. The average molecular weight is 311 g/mol. The Hall–Kier alpha value is -1.56. The van der Waals surface area contributed by atoms with Gasteiger partial charge in [-0.2, -0.15) is 0 Å². The molecule has 1 heterocycles. The number of hydrogen-bond acceptors (Lipinski definition) is 4. The Labute approximate surface area is 125 Å². The van der Waals surface area contributed by atoms with Crippen LogP contribution in [0.1, 0.15) is 31.9 Å². The van der Waals surface area contributed by atoms with Crippen molar-refractivity contribution in [2.75, 3.05) is 18.1 Å². The first kappa shape index (κ1) is 15.8. The molecule has 116 valence electrons. The Morgan fingerprint density at radius 2 is 2.10 bits per heavy atom. The van der Waals surface area contributed by atoms with E-state index in [9.17, 15) is 13.2 Å². The van der Waals surface area contributed by atoms with E-state index in [0.717, 1.165) is 11.3 Å². The van der Waals surface area contributed by atoms with Crippen molar-refractivity contribution in [3.8, 4) is 5.75 Å². The van der Waals surface area contributed by atoms with Gasteiger partial charge in [0.05, 0.1) is 18.4 Å². The molecule has 5 nitrogen and oxygen atoms in total. The third-order valence-corrected chi connectivity index (χ3v) is 5.11. The van der Waals surface area contributed by atoms with Crippen LogP contribution in [0.2, 0.25) is 0 Å². The van der Waals surface area contributed by atoms with E-state index in [1.807, 2.05) is 38.1 Å². The van der Waals surface area contributed by atoms with E-state index < -0.39 is 21.5 Å². The maximum Gasteiger partial charge on any atom is 0.235 e. The summed E-state index contributed by atoms with van der Waals surface area (Å²) in [5.41, 5.74) is 0.901. The second kappa shape index (κ2) is 6.47. The molecule has 0 spiro atoms. The second-order valence-electron chi connectivity index (χ2n) is 5.74. The number of ether oxygens (including phenoxy) is 1. The number of para-hydroxylation sites is 1. The van der Waals surface area contributed by atoms with Gasteiger partial charge in [0.2, 0.25) is 5.91 Å². The maximum absolute atomic E-state index is 12.0. The fourth-order valence-electron chi connectivity index (χ4n) is 2.49. The molecule has 0 fully saturated rings. The quantitative estimate of drug-likeness (QED) is 0.898. The molecule has 0 aromatic heterocycles. The van der Waals surface area contributed by atoms with E-state index >= 15 is 0 Å². The summed E-state index contributed by atoms with van der Waals surface area (Å²) in [4.78, 5) is 12.0. The topological polar surface area (TPSA) is 72.5 Å². The number of carbonyl (C=O) groups is 1. The maximum atomic E-state index is 12.0. The average Bonchev–Trinajstić information content (AvgIpc) is 2.36. The van der Waals surface area contributed by atoms with Crippen molar-refractivity contribution in [3.05, 3.63) is 29.8 Å². The first-order chi connectivity index (χ1) is 9.87. The number of hydrogen-bond donors (Lipinski definition) is 1. The molecule has 1 aromatic rings. The van der Waals surface area contributed by atoms with Gasteiger partial charge in [-0.15, -0.1) is 0 Å². The molecule has 0 saturated carbocycles. The van der Waals surface area contributed by atoms with Crippen molar-refractivity contribution >= 4 is 15.7 Å². The monoisotopic (exact) mass is 311 g/mol.